The van der Waals surface area contributed by atoms with Gasteiger partial charge in [0.05, 0.1) is 11.4 Å². The van der Waals surface area contributed by atoms with Crippen molar-refractivity contribution in [3.05, 3.63) is 152 Å². The minimum atomic E-state index is 0.861. The Hall–Kier alpha value is -5.80. The van der Waals surface area contributed by atoms with Gasteiger partial charge in [0.25, 0.3) is 0 Å². The lowest BCUT2D eigenvalue weighted by Gasteiger charge is -2.27. The van der Waals surface area contributed by atoms with Crippen LogP contribution in [0.15, 0.2) is 160 Å². The molecule has 0 aliphatic rings. The zero-order valence-corrected chi connectivity index (χ0v) is 23.2. The van der Waals surface area contributed by atoms with Crippen LogP contribution in [0.25, 0.3) is 65.8 Å². The first-order chi connectivity index (χ1) is 21.3. The summed E-state index contributed by atoms with van der Waals surface area (Å²) >= 11 is 0. The van der Waals surface area contributed by atoms with Gasteiger partial charge in [0.2, 0.25) is 0 Å². The van der Waals surface area contributed by atoms with Crippen molar-refractivity contribution in [1.82, 2.24) is 0 Å². The molecule has 0 saturated heterocycles. The van der Waals surface area contributed by atoms with Crippen molar-refractivity contribution in [3.8, 4) is 11.1 Å². The predicted octanol–water partition coefficient (Wildman–Crippen LogP) is 11.8. The zero-order chi connectivity index (χ0) is 28.3. The van der Waals surface area contributed by atoms with Crippen molar-refractivity contribution >= 4 is 71.7 Å². The molecule has 0 aliphatic carbocycles. The molecule has 202 valence electrons. The van der Waals surface area contributed by atoms with E-state index in [9.17, 15) is 0 Å². The molecule has 0 fully saturated rings. The molecule has 0 bridgehead atoms. The lowest BCUT2D eigenvalue weighted by molar-refractivity contribution is 0.669. The summed E-state index contributed by atoms with van der Waals surface area (Å²) in [5.41, 5.74) is 8.85. The molecule has 0 aliphatic heterocycles. The van der Waals surface area contributed by atoms with Crippen LogP contribution in [-0.2, 0) is 0 Å². The van der Waals surface area contributed by atoms with E-state index < -0.39 is 0 Å². The molecule has 2 aromatic heterocycles. The van der Waals surface area contributed by atoms with Crippen LogP contribution in [0.5, 0.6) is 0 Å². The van der Waals surface area contributed by atoms with Crippen LogP contribution < -0.4 is 4.90 Å². The summed E-state index contributed by atoms with van der Waals surface area (Å²) in [6.07, 6.45) is 0. The topological polar surface area (TPSA) is 29.5 Å². The second-order valence-electron chi connectivity index (χ2n) is 10.9. The Morgan fingerprint density at radius 2 is 1.07 bits per heavy atom. The van der Waals surface area contributed by atoms with E-state index >= 15 is 0 Å². The van der Waals surface area contributed by atoms with Gasteiger partial charge in [-0.25, -0.2) is 0 Å². The number of hydrogen-bond donors (Lipinski definition) is 0. The first-order valence-electron chi connectivity index (χ1n) is 14.5. The quantitative estimate of drug-likeness (QED) is 0.218. The smallest absolute Gasteiger partial charge is 0.159 e. The summed E-state index contributed by atoms with van der Waals surface area (Å²) in [4.78, 5) is 2.33. The third-order valence-corrected chi connectivity index (χ3v) is 8.45. The Balaban J connectivity index is 1.40. The van der Waals surface area contributed by atoms with E-state index in [-0.39, 0.29) is 0 Å². The minimum Gasteiger partial charge on any atom is -0.455 e. The Bertz CT molecular complexity index is 2450. The maximum Gasteiger partial charge on any atom is 0.159 e. The Labute approximate surface area is 247 Å². The van der Waals surface area contributed by atoms with Crippen molar-refractivity contribution in [2.45, 2.75) is 0 Å². The molecule has 9 aromatic rings. The summed E-state index contributed by atoms with van der Waals surface area (Å²) < 4.78 is 13.2. The Morgan fingerprint density at radius 1 is 0.395 bits per heavy atom. The van der Waals surface area contributed by atoms with Crippen LogP contribution >= 0.6 is 0 Å². The third-order valence-electron chi connectivity index (χ3n) is 8.45. The lowest BCUT2D eigenvalue weighted by atomic mass is 9.98. The summed E-state index contributed by atoms with van der Waals surface area (Å²) in [6, 6.07) is 52.9. The fourth-order valence-electron chi connectivity index (χ4n) is 6.57. The van der Waals surface area contributed by atoms with Gasteiger partial charge in [0, 0.05) is 38.2 Å². The van der Waals surface area contributed by atoms with Crippen molar-refractivity contribution in [1.29, 1.82) is 0 Å². The zero-order valence-electron chi connectivity index (χ0n) is 23.2. The van der Waals surface area contributed by atoms with Gasteiger partial charge in [0.1, 0.15) is 16.7 Å². The highest BCUT2D eigenvalue weighted by atomic mass is 16.3. The van der Waals surface area contributed by atoms with Crippen molar-refractivity contribution < 1.29 is 8.83 Å². The van der Waals surface area contributed by atoms with Gasteiger partial charge in [-0.3, -0.25) is 0 Å². The van der Waals surface area contributed by atoms with E-state index in [2.05, 4.69) is 138 Å². The predicted molar refractivity (Wildman–Crippen MR) is 179 cm³/mol. The number of benzene rings is 7. The average molecular weight is 552 g/mol. The van der Waals surface area contributed by atoms with Gasteiger partial charge < -0.3 is 13.7 Å². The maximum absolute atomic E-state index is 6.67. The molecule has 0 radical (unpaired) electrons. The largest absolute Gasteiger partial charge is 0.455 e. The van der Waals surface area contributed by atoms with E-state index in [0.29, 0.717) is 0 Å². The first-order valence-corrected chi connectivity index (χ1v) is 14.5. The van der Waals surface area contributed by atoms with Gasteiger partial charge >= 0.3 is 0 Å². The van der Waals surface area contributed by atoms with E-state index in [0.717, 1.165) is 82.8 Å². The molecule has 0 atom stereocenters. The molecule has 3 nitrogen and oxygen atoms in total. The van der Waals surface area contributed by atoms with Gasteiger partial charge in [-0.05, 0) is 47.3 Å². The number of para-hydroxylation sites is 4. The van der Waals surface area contributed by atoms with Crippen LogP contribution in [0.4, 0.5) is 17.1 Å². The minimum absolute atomic E-state index is 0.861. The second kappa shape index (κ2) is 9.37. The highest BCUT2D eigenvalue weighted by Crippen LogP contribution is 2.47. The number of fused-ring (bicyclic) bond motifs is 8. The summed E-state index contributed by atoms with van der Waals surface area (Å²) in [5.74, 6) is 0. The molecule has 3 heteroatoms. The van der Waals surface area contributed by atoms with Gasteiger partial charge in [0.15, 0.2) is 5.58 Å². The number of hydrogen-bond acceptors (Lipinski definition) is 3. The van der Waals surface area contributed by atoms with Gasteiger partial charge in [-0.1, -0.05) is 115 Å². The molecule has 43 heavy (non-hydrogen) atoms. The van der Waals surface area contributed by atoms with Crippen molar-refractivity contribution in [2.24, 2.45) is 0 Å². The standard InChI is InChI=1S/C40H25NO2/c1-3-12-26(13-4-1)29-18-10-20-32-38-36(43-39(29)32)25-24-27-14-9-21-33(37(27)38)41(28-15-5-2-6-16-28)34-22-11-19-31-30-17-7-8-23-35(30)42-40(31)34/h1-25H. The molecule has 0 saturated carbocycles. The number of nitrogens with zero attached hydrogens (tertiary/aromatic N) is 1. The van der Waals surface area contributed by atoms with Crippen molar-refractivity contribution in [2.75, 3.05) is 4.90 Å². The highest BCUT2D eigenvalue weighted by Gasteiger charge is 2.23. The number of rotatable bonds is 4. The van der Waals surface area contributed by atoms with Gasteiger partial charge in [-0.15, -0.1) is 0 Å². The van der Waals surface area contributed by atoms with Crippen LogP contribution in [0.3, 0.4) is 0 Å². The fourth-order valence-corrected chi connectivity index (χ4v) is 6.57. The van der Waals surface area contributed by atoms with Crippen LogP contribution in [0, 0.1) is 0 Å². The molecule has 2 heterocycles. The third kappa shape index (κ3) is 3.62. The molecule has 9 rings (SSSR count). The molecule has 0 spiro atoms. The van der Waals surface area contributed by atoms with Crippen molar-refractivity contribution in [3.63, 3.8) is 0 Å². The van der Waals surface area contributed by atoms with Gasteiger partial charge in [-0.2, -0.15) is 0 Å². The average Bonchev–Trinajstić information content (AvgIpc) is 3.65. The lowest BCUT2D eigenvalue weighted by Crippen LogP contribution is -2.10. The molecule has 0 N–H and O–H groups in total. The van der Waals surface area contributed by atoms with E-state index in [4.69, 9.17) is 8.83 Å². The Kier molecular flexibility index (Phi) is 5.20. The summed E-state index contributed by atoms with van der Waals surface area (Å²) in [6.45, 7) is 0. The molecule has 0 unspecified atom stereocenters. The highest BCUT2D eigenvalue weighted by molar-refractivity contribution is 6.25. The fraction of sp³-hybridized carbons (Fsp3) is 0. The Morgan fingerprint density at radius 3 is 1.95 bits per heavy atom. The van der Waals surface area contributed by atoms with Crippen LogP contribution in [0.1, 0.15) is 0 Å². The molecule has 7 aromatic carbocycles. The number of furan rings is 2. The monoisotopic (exact) mass is 551 g/mol. The first kappa shape index (κ1) is 23.9. The molecular weight excluding hydrogens is 526 g/mol. The summed E-state index contributed by atoms with van der Waals surface area (Å²) in [7, 11) is 0. The SMILES string of the molecule is c1ccc(-c2cccc3c2oc2ccc4cccc(N(c5ccccc5)c5cccc6c5oc5ccccc56)c4c23)cc1. The molecule has 0 amide bonds. The summed E-state index contributed by atoms with van der Waals surface area (Å²) in [5, 5.41) is 6.71. The van der Waals surface area contributed by atoms with E-state index in [1.54, 1.807) is 0 Å². The van der Waals surface area contributed by atoms with E-state index in [1.807, 2.05) is 18.2 Å². The normalized spacial score (nSPS) is 11.7. The molecular formula is C40H25NO2. The van der Waals surface area contributed by atoms with Crippen LogP contribution in [0.2, 0.25) is 0 Å². The number of anilines is 3. The second-order valence-corrected chi connectivity index (χ2v) is 10.9. The maximum atomic E-state index is 6.67. The van der Waals surface area contributed by atoms with E-state index in [1.165, 1.54) is 0 Å². The van der Waals surface area contributed by atoms with Crippen LogP contribution in [-0.4, -0.2) is 0 Å².